The minimum atomic E-state index is 0. The number of hydrogen-bond donors (Lipinski definition) is 0. The van der Waals surface area contributed by atoms with Gasteiger partial charge in [0.15, 0.2) is 0 Å². The lowest BCUT2D eigenvalue weighted by Gasteiger charge is -1.96. The van der Waals surface area contributed by atoms with E-state index in [4.69, 9.17) is 16.3 Å². The van der Waals surface area contributed by atoms with Crippen LogP contribution in [0.15, 0.2) is 24.3 Å². The van der Waals surface area contributed by atoms with Crippen LogP contribution in [0.3, 0.4) is 0 Å². The third-order valence-electron chi connectivity index (χ3n) is 1.03. The van der Waals surface area contributed by atoms with Gasteiger partial charge in [0, 0.05) is 5.02 Å². The Balaban J connectivity index is 0.000000810. The van der Waals surface area contributed by atoms with Crippen molar-refractivity contribution in [3.8, 4) is 5.75 Å². The Morgan fingerprint density at radius 3 is 2.50 bits per heavy atom. The molecule has 0 spiro atoms. The molecule has 0 heterocycles. The Bertz CT molecular complexity index is 201. The molecule has 1 aromatic rings. The fraction of sp³-hybridized carbons (Fsp3) is 0.143. The number of methoxy groups -OCH3 is 1. The van der Waals surface area contributed by atoms with Crippen LogP contribution in [0.4, 0.5) is 0 Å². The van der Waals surface area contributed by atoms with Crippen molar-refractivity contribution >= 4 is 11.6 Å². The molecule has 0 aromatic heterocycles. The van der Waals surface area contributed by atoms with Gasteiger partial charge in [0.25, 0.3) is 0 Å². The molecule has 0 fully saturated rings. The second-order valence-electron chi connectivity index (χ2n) is 1.66. The zero-order chi connectivity index (χ0) is 6.69. The summed E-state index contributed by atoms with van der Waals surface area (Å²) in [5.74, 6) is 0.794. The van der Waals surface area contributed by atoms with Crippen LogP contribution in [-0.4, -0.2) is 12.6 Å². The van der Waals surface area contributed by atoms with E-state index in [0.29, 0.717) is 5.02 Å². The zero-order valence-electron chi connectivity index (χ0n) is 5.60. The Hall–Kier alpha value is -0.730. The summed E-state index contributed by atoms with van der Waals surface area (Å²) in [6.07, 6.45) is 0. The highest BCUT2D eigenvalue weighted by molar-refractivity contribution is 6.30. The second-order valence-corrected chi connectivity index (χ2v) is 2.10. The molecule has 3 heteroatoms. The summed E-state index contributed by atoms with van der Waals surface area (Å²) in [5, 5.41) is 0.703. The van der Waals surface area contributed by atoms with Gasteiger partial charge in [0.1, 0.15) is 5.75 Å². The first kappa shape index (κ1) is 9.27. The smallest absolute Gasteiger partial charge is 0.120 e. The number of benzene rings is 1. The summed E-state index contributed by atoms with van der Waals surface area (Å²) < 4.78 is 4.91. The molecule has 56 valence electrons. The quantitative estimate of drug-likeness (QED) is 0.614. The molecule has 0 saturated carbocycles. The van der Waals surface area contributed by atoms with Crippen LogP contribution in [0.5, 0.6) is 5.75 Å². The highest BCUT2D eigenvalue weighted by Crippen LogP contribution is 2.15. The average Bonchev–Trinajstić information content (AvgIpc) is 1.88. The van der Waals surface area contributed by atoms with Crippen LogP contribution in [0.25, 0.3) is 0 Å². The van der Waals surface area contributed by atoms with Gasteiger partial charge in [-0.2, -0.15) is 0 Å². The maximum Gasteiger partial charge on any atom is 0.120 e. The Kier molecular flexibility index (Phi) is 3.84. The van der Waals surface area contributed by atoms with Crippen molar-refractivity contribution in [3.63, 3.8) is 0 Å². The maximum atomic E-state index is 5.64. The maximum absolute atomic E-state index is 5.64. The first-order chi connectivity index (χ1) is 4.33. The molecule has 0 aliphatic rings. The van der Waals surface area contributed by atoms with Crippen molar-refractivity contribution in [2.75, 3.05) is 7.11 Å². The third-order valence-corrected chi connectivity index (χ3v) is 1.27. The van der Waals surface area contributed by atoms with E-state index in [1.807, 2.05) is 18.2 Å². The van der Waals surface area contributed by atoms with Gasteiger partial charge in [-0.3, -0.25) is 0 Å². The van der Waals surface area contributed by atoms with Gasteiger partial charge in [-0.05, 0) is 18.2 Å². The first-order valence-electron chi connectivity index (χ1n) is 2.62. The van der Waals surface area contributed by atoms with Crippen LogP contribution in [0.1, 0.15) is 0 Å². The van der Waals surface area contributed by atoms with E-state index >= 15 is 0 Å². The Labute approximate surface area is 64.7 Å². The number of hydrogen-bond acceptors (Lipinski definition) is 1. The van der Waals surface area contributed by atoms with Crippen molar-refractivity contribution in [2.45, 2.75) is 0 Å². The normalized spacial score (nSPS) is 8.20. The largest absolute Gasteiger partial charge is 0.497 e. The van der Waals surface area contributed by atoms with Gasteiger partial charge in [0.2, 0.25) is 0 Å². The molecular formula is C7H9ClO2. The van der Waals surface area contributed by atoms with E-state index < -0.39 is 0 Å². The highest BCUT2D eigenvalue weighted by atomic mass is 35.5. The van der Waals surface area contributed by atoms with E-state index in [2.05, 4.69) is 0 Å². The Morgan fingerprint density at radius 1 is 1.40 bits per heavy atom. The summed E-state index contributed by atoms with van der Waals surface area (Å²) in [5.41, 5.74) is 0. The molecule has 2 N–H and O–H groups in total. The van der Waals surface area contributed by atoms with Gasteiger partial charge >= 0.3 is 0 Å². The first-order valence-corrected chi connectivity index (χ1v) is 3.00. The summed E-state index contributed by atoms with van der Waals surface area (Å²) >= 11 is 5.64. The van der Waals surface area contributed by atoms with Crippen molar-refractivity contribution in [2.24, 2.45) is 0 Å². The van der Waals surface area contributed by atoms with Crippen LogP contribution in [0.2, 0.25) is 5.02 Å². The Morgan fingerprint density at radius 2 is 2.10 bits per heavy atom. The zero-order valence-corrected chi connectivity index (χ0v) is 6.35. The van der Waals surface area contributed by atoms with Crippen LogP contribution >= 0.6 is 11.6 Å². The molecule has 2 nitrogen and oxygen atoms in total. The van der Waals surface area contributed by atoms with Crippen molar-refractivity contribution < 1.29 is 10.2 Å². The van der Waals surface area contributed by atoms with E-state index in [9.17, 15) is 0 Å². The number of ether oxygens (including phenoxy) is 1. The molecule has 0 atom stereocenters. The highest BCUT2D eigenvalue weighted by Gasteiger charge is 1.88. The number of rotatable bonds is 1. The predicted octanol–water partition coefficient (Wildman–Crippen LogP) is 1.52. The minimum absolute atomic E-state index is 0. The molecule has 0 bridgehead atoms. The van der Waals surface area contributed by atoms with Crippen LogP contribution in [0, 0.1) is 0 Å². The average molecular weight is 161 g/mol. The molecule has 0 amide bonds. The predicted molar refractivity (Wildman–Crippen MR) is 41.6 cm³/mol. The van der Waals surface area contributed by atoms with Gasteiger partial charge in [-0.1, -0.05) is 17.7 Å². The SMILES string of the molecule is COc1cccc(Cl)c1.O. The van der Waals surface area contributed by atoms with E-state index in [-0.39, 0.29) is 5.48 Å². The van der Waals surface area contributed by atoms with Crippen molar-refractivity contribution in [3.05, 3.63) is 29.3 Å². The molecule has 0 saturated heterocycles. The fourth-order valence-electron chi connectivity index (χ4n) is 0.594. The third kappa shape index (κ3) is 2.25. The summed E-state index contributed by atoms with van der Waals surface area (Å²) in [6, 6.07) is 7.28. The van der Waals surface area contributed by atoms with E-state index in [0.717, 1.165) is 5.75 Å². The fourth-order valence-corrected chi connectivity index (χ4v) is 0.774. The minimum Gasteiger partial charge on any atom is -0.497 e. The lowest BCUT2D eigenvalue weighted by molar-refractivity contribution is 0.415. The molecule has 1 aromatic carbocycles. The molecule has 0 radical (unpaired) electrons. The molecular weight excluding hydrogens is 152 g/mol. The lowest BCUT2D eigenvalue weighted by Crippen LogP contribution is -1.79. The summed E-state index contributed by atoms with van der Waals surface area (Å²) in [6.45, 7) is 0. The molecule has 0 unspecified atom stereocenters. The molecule has 1 rings (SSSR count). The standard InChI is InChI=1S/C7H7ClO.H2O/c1-9-7-4-2-3-6(8)5-7;/h2-5H,1H3;1H2. The van der Waals surface area contributed by atoms with Gasteiger partial charge < -0.3 is 10.2 Å². The van der Waals surface area contributed by atoms with Crippen molar-refractivity contribution in [1.29, 1.82) is 0 Å². The topological polar surface area (TPSA) is 40.7 Å². The molecule has 0 aliphatic carbocycles. The van der Waals surface area contributed by atoms with E-state index in [1.54, 1.807) is 13.2 Å². The lowest BCUT2D eigenvalue weighted by atomic mass is 10.3. The summed E-state index contributed by atoms with van der Waals surface area (Å²) in [4.78, 5) is 0. The van der Waals surface area contributed by atoms with Crippen molar-refractivity contribution in [1.82, 2.24) is 0 Å². The van der Waals surface area contributed by atoms with E-state index in [1.165, 1.54) is 0 Å². The van der Waals surface area contributed by atoms with Gasteiger partial charge in [-0.25, -0.2) is 0 Å². The molecule has 10 heavy (non-hydrogen) atoms. The van der Waals surface area contributed by atoms with Crippen LogP contribution in [-0.2, 0) is 0 Å². The van der Waals surface area contributed by atoms with Gasteiger partial charge in [0.05, 0.1) is 7.11 Å². The van der Waals surface area contributed by atoms with Crippen LogP contribution < -0.4 is 4.74 Å². The summed E-state index contributed by atoms with van der Waals surface area (Å²) in [7, 11) is 1.62. The monoisotopic (exact) mass is 160 g/mol. The van der Waals surface area contributed by atoms with Gasteiger partial charge in [-0.15, -0.1) is 0 Å². The number of halogens is 1. The molecule has 0 aliphatic heterocycles. The second kappa shape index (κ2) is 4.14.